The largest absolute Gasteiger partial charge is 0.326 e. The van der Waals surface area contributed by atoms with E-state index in [4.69, 9.17) is 0 Å². The Bertz CT molecular complexity index is 765. The van der Waals surface area contributed by atoms with Crippen LogP contribution in [0, 0.1) is 5.92 Å². The molecule has 0 radical (unpaired) electrons. The molecule has 1 saturated carbocycles. The summed E-state index contributed by atoms with van der Waals surface area (Å²) >= 11 is 0. The van der Waals surface area contributed by atoms with Gasteiger partial charge in [0, 0.05) is 26.7 Å². The van der Waals surface area contributed by atoms with Crippen LogP contribution in [0.2, 0.25) is 0 Å². The van der Waals surface area contributed by atoms with Crippen molar-refractivity contribution in [2.45, 2.75) is 37.1 Å². The topological polar surface area (TPSA) is 86.8 Å². The second-order valence-electron chi connectivity index (χ2n) is 6.75. The lowest BCUT2D eigenvalue weighted by Gasteiger charge is -2.45. The lowest BCUT2D eigenvalue weighted by molar-refractivity contribution is -0.138. The molecule has 8 heteroatoms. The maximum absolute atomic E-state index is 12.7. The fourth-order valence-corrected chi connectivity index (χ4v) is 5.26. The van der Waals surface area contributed by atoms with Crippen molar-refractivity contribution in [3.8, 4) is 0 Å². The number of imide groups is 1. The summed E-state index contributed by atoms with van der Waals surface area (Å²) in [6.45, 7) is 0.236. The number of fused-ring (bicyclic) bond motifs is 1. The van der Waals surface area contributed by atoms with Gasteiger partial charge in [0.2, 0.25) is 15.9 Å². The molecule has 2 fully saturated rings. The van der Waals surface area contributed by atoms with Gasteiger partial charge in [-0.1, -0.05) is 30.3 Å². The van der Waals surface area contributed by atoms with Gasteiger partial charge in [-0.15, -0.1) is 0 Å². The van der Waals surface area contributed by atoms with Crippen LogP contribution in [0.5, 0.6) is 0 Å². The van der Waals surface area contributed by atoms with Crippen LogP contribution in [0.4, 0.5) is 4.79 Å². The minimum absolute atomic E-state index is 0.211. The number of carbonyl (C=O) groups excluding carboxylic acids is 2. The van der Waals surface area contributed by atoms with Crippen LogP contribution in [-0.4, -0.2) is 55.5 Å². The molecular formula is C17H23N3O4S. The molecule has 1 aliphatic carbocycles. The minimum atomic E-state index is -3.53. The van der Waals surface area contributed by atoms with Crippen LogP contribution in [-0.2, 0) is 21.4 Å². The first-order valence-corrected chi connectivity index (χ1v) is 9.92. The maximum Gasteiger partial charge on any atom is 0.326 e. The zero-order chi connectivity index (χ0) is 18.2. The number of sulfonamides is 1. The van der Waals surface area contributed by atoms with Gasteiger partial charge in [0.25, 0.3) is 0 Å². The fraction of sp³-hybridized carbons (Fsp3) is 0.529. The highest BCUT2D eigenvalue weighted by Gasteiger charge is 2.48. The normalized spacial score (nSPS) is 27.4. The number of benzene rings is 1. The fourth-order valence-electron chi connectivity index (χ4n) is 3.75. The highest BCUT2D eigenvalue weighted by molar-refractivity contribution is 7.90. The molecule has 1 saturated heterocycles. The number of nitrogens with one attached hydrogen (secondary N) is 1. The first kappa shape index (κ1) is 17.9. The minimum Gasteiger partial charge on any atom is -0.324 e. The van der Waals surface area contributed by atoms with Gasteiger partial charge >= 0.3 is 6.03 Å². The van der Waals surface area contributed by atoms with Crippen molar-refractivity contribution in [3.05, 3.63) is 35.9 Å². The average Bonchev–Trinajstić information content (AvgIpc) is 2.63. The van der Waals surface area contributed by atoms with Crippen LogP contribution in [0.25, 0.3) is 0 Å². The first-order chi connectivity index (χ1) is 11.8. The Labute approximate surface area is 148 Å². The molecule has 136 valence electrons. The second-order valence-corrected chi connectivity index (χ2v) is 8.80. The molecule has 7 nitrogen and oxygen atoms in total. The van der Waals surface area contributed by atoms with Crippen LogP contribution in [0.1, 0.15) is 24.8 Å². The third-order valence-corrected chi connectivity index (χ3v) is 7.11. The van der Waals surface area contributed by atoms with Gasteiger partial charge in [0.1, 0.15) is 0 Å². The summed E-state index contributed by atoms with van der Waals surface area (Å²) in [4.78, 5) is 27.1. The van der Waals surface area contributed by atoms with E-state index in [0.29, 0.717) is 12.8 Å². The zero-order valence-electron chi connectivity index (χ0n) is 14.4. The van der Waals surface area contributed by atoms with E-state index < -0.39 is 21.2 Å². The van der Waals surface area contributed by atoms with Crippen LogP contribution >= 0.6 is 0 Å². The SMILES string of the molecule is CN1C(=O)C2CC(S(=O)(=O)NCc3ccccc3)CCC2N(C)C1=O. The molecule has 1 aromatic carbocycles. The number of hydrogen-bond acceptors (Lipinski definition) is 4. The van der Waals surface area contributed by atoms with Gasteiger partial charge in [0.05, 0.1) is 11.2 Å². The van der Waals surface area contributed by atoms with E-state index in [-0.39, 0.29) is 30.9 Å². The van der Waals surface area contributed by atoms with E-state index in [1.165, 1.54) is 7.05 Å². The number of rotatable bonds is 4. The standard InChI is InChI=1S/C17H23N3O4S/c1-19-15-9-8-13(10-14(15)16(21)20(2)17(19)22)25(23,24)18-11-12-6-4-3-5-7-12/h3-7,13-15,18H,8-11H2,1-2H3. The van der Waals surface area contributed by atoms with Crippen molar-refractivity contribution in [2.75, 3.05) is 14.1 Å². The second kappa shape index (κ2) is 6.76. The number of amides is 3. The van der Waals surface area contributed by atoms with E-state index in [0.717, 1.165) is 10.5 Å². The van der Waals surface area contributed by atoms with E-state index in [1.54, 1.807) is 11.9 Å². The Hall–Kier alpha value is -1.93. The molecule has 3 atom stereocenters. The van der Waals surface area contributed by atoms with E-state index in [1.807, 2.05) is 30.3 Å². The van der Waals surface area contributed by atoms with Crippen LogP contribution in [0.15, 0.2) is 30.3 Å². The lowest BCUT2D eigenvalue weighted by Crippen LogP contribution is -2.61. The van der Waals surface area contributed by atoms with Crippen molar-refractivity contribution < 1.29 is 18.0 Å². The number of nitrogens with zero attached hydrogens (tertiary/aromatic N) is 2. The molecule has 0 aromatic heterocycles. The van der Waals surface area contributed by atoms with E-state index in [2.05, 4.69) is 4.72 Å². The quantitative estimate of drug-likeness (QED) is 0.868. The summed E-state index contributed by atoms with van der Waals surface area (Å²) in [5.74, 6) is -0.740. The van der Waals surface area contributed by atoms with Crippen molar-refractivity contribution in [3.63, 3.8) is 0 Å². The highest BCUT2D eigenvalue weighted by Crippen LogP contribution is 2.35. The highest BCUT2D eigenvalue weighted by atomic mass is 32.2. The molecule has 3 unspecified atom stereocenters. The molecule has 1 aliphatic heterocycles. The van der Waals surface area contributed by atoms with E-state index >= 15 is 0 Å². The number of carbonyl (C=O) groups is 2. The van der Waals surface area contributed by atoms with Gasteiger partial charge in [-0.2, -0.15) is 0 Å². The molecule has 1 aromatic rings. The molecule has 0 spiro atoms. The first-order valence-electron chi connectivity index (χ1n) is 8.38. The maximum atomic E-state index is 12.7. The molecule has 2 aliphatic rings. The molecule has 0 bridgehead atoms. The predicted octanol–water partition coefficient (Wildman–Crippen LogP) is 1.17. The molecule has 3 rings (SSSR count). The zero-order valence-corrected chi connectivity index (χ0v) is 15.2. The Kier molecular flexibility index (Phi) is 4.83. The molecule has 25 heavy (non-hydrogen) atoms. The van der Waals surface area contributed by atoms with Gasteiger partial charge < -0.3 is 4.90 Å². The van der Waals surface area contributed by atoms with Crippen molar-refractivity contribution in [2.24, 2.45) is 5.92 Å². The smallest absolute Gasteiger partial charge is 0.324 e. The summed E-state index contributed by atoms with van der Waals surface area (Å²) in [5, 5.41) is -0.614. The summed E-state index contributed by atoms with van der Waals surface area (Å²) in [7, 11) is -0.409. The summed E-state index contributed by atoms with van der Waals surface area (Å²) in [6.07, 6.45) is 1.21. The van der Waals surface area contributed by atoms with Crippen molar-refractivity contribution in [1.29, 1.82) is 0 Å². The summed E-state index contributed by atoms with van der Waals surface area (Å²) in [5.41, 5.74) is 0.888. The van der Waals surface area contributed by atoms with Gasteiger partial charge in [-0.3, -0.25) is 9.69 Å². The summed E-state index contributed by atoms with van der Waals surface area (Å²) < 4.78 is 28.0. The van der Waals surface area contributed by atoms with Crippen LogP contribution in [0.3, 0.4) is 0 Å². The van der Waals surface area contributed by atoms with Crippen LogP contribution < -0.4 is 4.72 Å². The Morgan fingerprint density at radius 1 is 1.12 bits per heavy atom. The number of urea groups is 1. The van der Waals surface area contributed by atoms with Crippen molar-refractivity contribution >= 4 is 22.0 Å². The Morgan fingerprint density at radius 2 is 1.80 bits per heavy atom. The number of hydrogen-bond donors (Lipinski definition) is 1. The molecule has 1 N–H and O–H groups in total. The Balaban J connectivity index is 1.70. The third-order valence-electron chi connectivity index (χ3n) is 5.26. The van der Waals surface area contributed by atoms with E-state index in [9.17, 15) is 18.0 Å². The monoisotopic (exact) mass is 365 g/mol. The summed E-state index contributed by atoms with van der Waals surface area (Å²) in [6, 6.07) is 8.78. The Morgan fingerprint density at radius 3 is 2.48 bits per heavy atom. The third kappa shape index (κ3) is 3.41. The van der Waals surface area contributed by atoms with Gasteiger partial charge in [0.15, 0.2) is 0 Å². The molecular weight excluding hydrogens is 342 g/mol. The predicted molar refractivity (Wildman–Crippen MR) is 93.0 cm³/mol. The average molecular weight is 365 g/mol. The van der Waals surface area contributed by atoms with Gasteiger partial charge in [-0.25, -0.2) is 17.9 Å². The molecule has 3 amide bonds. The molecule has 1 heterocycles. The van der Waals surface area contributed by atoms with Gasteiger partial charge in [-0.05, 0) is 24.8 Å². The van der Waals surface area contributed by atoms with Crippen molar-refractivity contribution in [1.82, 2.24) is 14.5 Å². The lowest BCUT2D eigenvalue weighted by atomic mass is 9.81.